The van der Waals surface area contributed by atoms with Gasteiger partial charge in [-0.2, -0.15) is 0 Å². The molecule has 2 aliphatic rings. The number of anilines is 2. The topological polar surface area (TPSA) is 69.7 Å². The van der Waals surface area contributed by atoms with Gasteiger partial charge in [-0.25, -0.2) is 0 Å². The lowest BCUT2D eigenvalue weighted by Gasteiger charge is -2.17. The molecule has 4 rings (SSSR count). The number of halogens is 1. The lowest BCUT2D eigenvalue weighted by molar-refractivity contribution is -0.122. The van der Waals surface area contributed by atoms with E-state index < -0.39 is 0 Å². The molecule has 0 aromatic heterocycles. The van der Waals surface area contributed by atoms with Crippen LogP contribution in [0.4, 0.5) is 11.4 Å². The number of thiocarbonyl (C=S) groups is 1. The maximum absolute atomic E-state index is 13.4. The van der Waals surface area contributed by atoms with Crippen LogP contribution in [-0.4, -0.2) is 40.0 Å². The molecule has 0 radical (unpaired) electrons. The number of carbonyl (C=O) groups excluding carboxylic acids is 3. The Morgan fingerprint density at radius 2 is 1.84 bits per heavy atom. The van der Waals surface area contributed by atoms with Crippen LogP contribution in [0.1, 0.15) is 19.4 Å². The van der Waals surface area contributed by atoms with E-state index in [0.717, 1.165) is 16.2 Å². The number of rotatable bonds is 5. The summed E-state index contributed by atoms with van der Waals surface area (Å²) in [6, 6.07) is 14.4. The smallest absolute Gasteiger partial charge is 0.267 e. The van der Waals surface area contributed by atoms with Gasteiger partial charge in [0.25, 0.3) is 11.8 Å². The molecule has 2 aromatic rings. The van der Waals surface area contributed by atoms with Gasteiger partial charge in [-0.1, -0.05) is 78.0 Å². The Hall–Kier alpha value is -2.49. The molecule has 9 heteroatoms. The molecular weight excluding hydrogens is 510 g/mol. The van der Waals surface area contributed by atoms with Crippen molar-refractivity contribution >= 4 is 78.9 Å². The zero-order valence-electron chi connectivity index (χ0n) is 17.4. The third-order valence-corrected chi connectivity index (χ3v) is 6.90. The van der Waals surface area contributed by atoms with Gasteiger partial charge in [-0.05, 0) is 30.2 Å². The van der Waals surface area contributed by atoms with Crippen LogP contribution < -0.4 is 10.2 Å². The number of hydrogen-bond donors (Lipinski definition) is 1. The SMILES string of the molecule is CC(C)CN1C(=O)C(=C2C(=O)N(CC(=O)Nc3cccc(Br)c3)c3ccccc32)SC1=S. The predicted octanol–water partition coefficient (Wildman–Crippen LogP) is 4.66. The van der Waals surface area contributed by atoms with Crippen LogP contribution in [-0.2, 0) is 14.4 Å². The molecule has 2 aliphatic heterocycles. The lowest BCUT2D eigenvalue weighted by Crippen LogP contribution is -2.36. The van der Waals surface area contributed by atoms with Gasteiger partial charge in [0.1, 0.15) is 10.9 Å². The number of nitrogens with zero attached hydrogens (tertiary/aromatic N) is 2. The van der Waals surface area contributed by atoms with Gasteiger partial charge in [0.05, 0.1) is 16.2 Å². The van der Waals surface area contributed by atoms with Gasteiger partial charge in [0, 0.05) is 22.3 Å². The van der Waals surface area contributed by atoms with Crippen LogP contribution in [0.5, 0.6) is 0 Å². The Bertz CT molecular complexity index is 1180. The summed E-state index contributed by atoms with van der Waals surface area (Å²) in [7, 11) is 0. The van der Waals surface area contributed by atoms with Gasteiger partial charge in [-0.15, -0.1) is 0 Å². The molecule has 6 nitrogen and oxygen atoms in total. The van der Waals surface area contributed by atoms with Crippen LogP contribution in [0.25, 0.3) is 5.57 Å². The molecular formula is C23H20BrN3O3S2. The van der Waals surface area contributed by atoms with Crippen LogP contribution in [0, 0.1) is 5.92 Å². The molecule has 164 valence electrons. The Morgan fingerprint density at radius 3 is 2.56 bits per heavy atom. The summed E-state index contributed by atoms with van der Waals surface area (Å²) in [6.07, 6.45) is 0. The Balaban J connectivity index is 1.64. The van der Waals surface area contributed by atoms with Crippen molar-refractivity contribution in [2.75, 3.05) is 23.3 Å². The average molecular weight is 530 g/mol. The second-order valence-electron chi connectivity index (χ2n) is 7.85. The van der Waals surface area contributed by atoms with Gasteiger partial charge in [0.15, 0.2) is 0 Å². The third kappa shape index (κ3) is 4.37. The first kappa shape index (κ1) is 22.7. The molecule has 32 heavy (non-hydrogen) atoms. The number of thioether (sulfide) groups is 1. The van der Waals surface area contributed by atoms with E-state index in [2.05, 4.69) is 21.2 Å². The van der Waals surface area contributed by atoms with Crippen LogP contribution in [0.15, 0.2) is 57.9 Å². The average Bonchev–Trinajstić information content (AvgIpc) is 3.15. The van der Waals surface area contributed by atoms with E-state index in [9.17, 15) is 14.4 Å². The fourth-order valence-electron chi connectivity index (χ4n) is 3.64. The summed E-state index contributed by atoms with van der Waals surface area (Å²) in [6.45, 7) is 4.34. The first-order chi connectivity index (χ1) is 15.3. The normalized spacial score (nSPS) is 18.1. The number of carbonyl (C=O) groups is 3. The summed E-state index contributed by atoms with van der Waals surface area (Å²) < 4.78 is 1.28. The highest BCUT2D eigenvalue weighted by atomic mass is 79.9. The molecule has 2 heterocycles. The van der Waals surface area contributed by atoms with Gasteiger partial charge in [-0.3, -0.25) is 24.2 Å². The van der Waals surface area contributed by atoms with Crippen molar-refractivity contribution in [3.05, 3.63) is 63.5 Å². The summed E-state index contributed by atoms with van der Waals surface area (Å²) in [5, 5.41) is 2.81. The van der Waals surface area contributed by atoms with Crippen molar-refractivity contribution in [2.45, 2.75) is 13.8 Å². The molecule has 0 atom stereocenters. The highest BCUT2D eigenvalue weighted by Crippen LogP contribution is 2.44. The van der Waals surface area contributed by atoms with Crippen molar-refractivity contribution < 1.29 is 14.4 Å². The fourth-order valence-corrected chi connectivity index (χ4v) is 5.38. The van der Waals surface area contributed by atoms with E-state index in [1.807, 2.05) is 32.0 Å². The molecule has 0 bridgehead atoms. The first-order valence-electron chi connectivity index (χ1n) is 10.0. The molecule has 1 saturated heterocycles. The Morgan fingerprint density at radius 1 is 1.09 bits per heavy atom. The summed E-state index contributed by atoms with van der Waals surface area (Å²) in [5.41, 5.74) is 2.17. The van der Waals surface area contributed by atoms with E-state index in [0.29, 0.717) is 38.3 Å². The highest BCUT2D eigenvalue weighted by Gasteiger charge is 2.42. The van der Waals surface area contributed by atoms with Crippen LogP contribution >= 0.6 is 39.9 Å². The first-order valence-corrected chi connectivity index (χ1v) is 12.0. The van der Waals surface area contributed by atoms with Crippen molar-refractivity contribution in [2.24, 2.45) is 5.92 Å². The molecule has 3 amide bonds. The maximum Gasteiger partial charge on any atom is 0.267 e. The molecule has 0 saturated carbocycles. The number of para-hydroxylation sites is 1. The van der Waals surface area contributed by atoms with Crippen LogP contribution in [0.2, 0.25) is 0 Å². The number of nitrogens with one attached hydrogen (secondary N) is 1. The summed E-state index contributed by atoms with van der Waals surface area (Å²) in [4.78, 5) is 42.5. The zero-order valence-corrected chi connectivity index (χ0v) is 20.6. The van der Waals surface area contributed by atoms with Crippen molar-refractivity contribution in [1.82, 2.24) is 4.90 Å². The number of hydrogen-bond acceptors (Lipinski definition) is 5. The molecule has 0 unspecified atom stereocenters. The molecule has 1 N–H and O–H groups in total. The number of amides is 3. The van der Waals surface area contributed by atoms with E-state index in [-0.39, 0.29) is 30.2 Å². The largest absolute Gasteiger partial charge is 0.324 e. The molecule has 0 aliphatic carbocycles. The molecule has 0 spiro atoms. The van der Waals surface area contributed by atoms with E-state index >= 15 is 0 Å². The minimum absolute atomic E-state index is 0.169. The minimum atomic E-state index is -0.374. The van der Waals surface area contributed by atoms with Gasteiger partial charge in [0.2, 0.25) is 5.91 Å². The van der Waals surface area contributed by atoms with Gasteiger partial charge < -0.3 is 5.32 Å². The van der Waals surface area contributed by atoms with Crippen molar-refractivity contribution in [1.29, 1.82) is 0 Å². The quantitative estimate of drug-likeness (QED) is 0.450. The lowest BCUT2D eigenvalue weighted by atomic mass is 10.1. The van der Waals surface area contributed by atoms with Crippen molar-refractivity contribution in [3.63, 3.8) is 0 Å². The Kier molecular flexibility index (Phi) is 6.50. The molecule has 1 fully saturated rings. The summed E-state index contributed by atoms with van der Waals surface area (Å²) >= 11 is 9.93. The number of fused-ring (bicyclic) bond motifs is 1. The maximum atomic E-state index is 13.4. The number of benzene rings is 2. The monoisotopic (exact) mass is 529 g/mol. The highest BCUT2D eigenvalue weighted by molar-refractivity contribution is 9.10. The van der Waals surface area contributed by atoms with E-state index in [1.165, 1.54) is 4.90 Å². The van der Waals surface area contributed by atoms with Crippen LogP contribution in [0.3, 0.4) is 0 Å². The second kappa shape index (κ2) is 9.17. The summed E-state index contributed by atoms with van der Waals surface area (Å²) in [5.74, 6) is -0.723. The second-order valence-corrected chi connectivity index (χ2v) is 10.4. The van der Waals surface area contributed by atoms with Crippen molar-refractivity contribution in [3.8, 4) is 0 Å². The van der Waals surface area contributed by atoms with Gasteiger partial charge >= 0.3 is 0 Å². The van der Waals surface area contributed by atoms with E-state index in [4.69, 9.17) is 12.2 Å². The third-order valence-electron chi connectivity index (χ3n) is 4.96. The fraction of sp³-hybridized carbons (Fsp3) is 0.217. The predicted molar refractivity (Wildman–Crippen MR) is 135 cm³/mol. The van der Waals surface area contributed by atoms with E-state index in [1.54, 1.807) is 35.2 Å². The Labute approximate surface area is 204 Å². The molecule has 2 aromatic carbocycles. The zero-order chi connectivity index (χ0) is 23.0. The standard InChI is InChI=1S/C23H20BrN3O3S2/c1-13(2)11-27-22(30)20(32-23(27)31)19-16-8-3-4-9-17(16)26(21(19)29)12-18(28)25-15-7-5-6-14(24)10-15/h3-10,13H,11-12H2,1-2H3,(H,25,28). The minimum Gasteiger partial charge on any atom is -0.324 e.